The van der Waals surface area contributed by atoms with Gasteiger partial charge in [0.05, 0.1) is 0 Å². The third kappa shape index (κ3) is 11.0. The quantitative estimate of drug-likeness (QED) is 0.558. The van der Waals surface area contributed by atoms with Crippen LogP contribution in [0.3, 0.4) is 0 Å². The average Bonchev–Trinajstić information content (AvgIpc) is 2.30. The smallest absolute Gasteiger partial charge is 0.216 e. The summed E-state index contributed by atoms with van der Waals surface area (Å²) < 4.78 is 23.1. The Bertz CT molecular complexity index is 279. The molecular formula is C13H30N2O2S. The minimum Gasteiger partial charge on any atom is -0.216 e. The molecule has 0 rings (SSSR count). The highest BCUT2D eigenvalue weighted by Gasteiger charge is 2.09. The van der Waals surface area contributed by atoms with Gasteiger partial charge in [0.2, 0.25) is 0 Å². The Labute approximate surface area is 113 Å². The molecule has 0 fully saturated rings. The van der Waals surface area contributed by atoms with Crippen molar-refractivity contribution in [3.63, 3.8) is 0 Å². The summed E-state index contributed by atoms with van der Waals surface area (Å²) in [6, 6.07) is 0. The van der Waals surface area contributed by atoms with E-state index in [-0.39, 0.29) is 0 Å². The van der Waals surface area contributed by atoms with Crippen molar-refractivity contribution in [2.45, 2.75) is 71.1 Å². The Balaban J connectivity index is 3.22. The van der Waals surface area contributed by atoms with Crippen molar-refractivity contribution in [2.75, 3.05) is 13.6 Å². The molecule has 0 aliphatic heterocycles. The van der Waals surface area contributed by atoms with Gasteiger partial charge in [-0.2, -0.15) is 12.7 Å². The highest BCUT2D eigenvalue weighted by molar-refractivity contribution is 7.86. The molecule has 0 aromatic rings. The van der Waals surface area contributed by atoms with Gasteiger partial charge >= 0.3 is 0 Å². The van der Waals surface area contributed by atoms with Gasteiger partial charge in [-0.25, -0.2) is 5.14 Å². The van der Waals surface area contributed by atoms with E-state index < -0.39 is 10.2 Å². The molecule has 110 valence electrons. The molecule has 0 aliphatic carbocycles. The summed E-state index contributed by atoms with van der Waals surface area (Å²) in [5.41, 5.74) is 0. The van der Waals surface area contributed by atoms with Gasteiger partial charge in [0.1, 0.15) is 0 Å². The van der Waals surface area contributed by atoms with Gasteiger partial charge in [0, 0.05) is 13.6 Å². The summed E-state index contributed by atoms with van der Waals surface area (Å²) in [6.45, 7) is 2.77. The zero-order valence-corrected chi connectivity index (χ0v) is 12.8. The van der Waals surface area contributed by atoms with Crippen LogP contribution in [0.25, 0.3) is 0 Å². The van der Waals surface area contributed by atoms with Crippen molar-refractivity contribution in [3.8, 4) is 0 Å². The van der Waals surface area contributed by atoms with E-state index >= 15 is 0 Å². The summed E-state index contributed by atoms with van der Waals surface area (Å²) in [5.74, 6) is 0. The summed E-state index contributed by atoms with van der Waals surface area (Å²) in [4.78, 5) is 0. The molecule has 5 heteroatoms. The van der Waals surface area contributed by atoms with Crippen LogP contribution in [0.5, 0.6) is 0 Å². The van der Waals surface area contributed by atoms with E-state index in [9.17, 15) is 8.42 Å². The fraction of sp³-hybridized carbons (Fsp3) is 1.00. The zero-order valence-electron chi connectivity index (χ0n) is 12.0. The highest BCUT2D eigenvalue weighted by Crippen LogP contribution is 2.10. The molecule has 0 amide bonds. The number of nitrogens with two attached hydrogens (primary N) is 1. The van der Waals surface area contributed by atoms with E-state index in [2.05, 4.69) is 6.92 Å². The largest absolute Gasteiger partial charge is 0.276 e. The van der Waals surface area contributed by atoms with Crippen molar-refractivity contribution >= 4 is 10.2 Å². The lowest BCUT2D eigenvalue weighted by Gasteiger charge is -2.12. The van der Waals surface area contributed by atoms with Crippen LogP contribution < -0.4 is 5.14 Å². The summed E-state index contributed by atoms with van der Waals surface area (Å²) in [6.07, 6.45) is 12.5. The summed E-state index contributed by atoms with van der Waals surface area (Å²) >= 11 is 0. The van der Waals surface area contributed by atoms with Crippen LogP contribution >= 0.6 is 0 Å². The van der Waals surface area contributed by atoms with Gasteiger partial charge in [-0.15, -0.1) is 0 Å². The first-order valence-corrected chi connectivity index (χ1v) is 8.73. The van der Waals surface area contributed by atoms with Crippen LogP contribution in [0.2, 0.25) is 0 Å². The minimum absolute atomic E-state index is 0.537. The first-order valence-electron chi connectivity index (χ1n) is 7.22. The molecule has 0 saturated carbocycles. The number of unbranched alkanes of at least 4 members (excludes halogenated alkanes) is 9. The maximum atomic E-state index is 10.9. The molecule has 2 N–H and O–H groups in total. The van der Waals surface area contributed by atoms with Crippen LogP contribution in [-0.2, 0) is 10.2 Å². The Kier molecular flexibility index (Phi) is 10.7. The Hall–Kier alpha value is -0.130. The van der Waals surface area contributed by atoms with Crippen LogP contribution in [0.1, 0.15) is 71.1 Å². The van der Waals surface area contributed by atoms with Crippen LogP contribution in [0.15, 0.2) is 0 Å². The molecule has 18 heavy (non-hydrogen) atoms. The predicted octanol–water partition coefficient (Wildman–Crippen LogP) is 3.04. The molecule has 0 spiro atoms. The van der Waals surface area contributed by atoms with Crippen LogP contribution in [0, 0.1) is 0 Å². The van der Waals surface area contributed by atoms with E-state index in [0.717, 1.165) is 12.8 Å². The number of nitrogens with zero attached hydrogens (tertiary/aromatic N) is 1. The van der Waals surface area contributed by atoms with E-state index in [1.807, 2.05) is 0 Å². The maximum Gasteiger partial charge on any atom is 0.276 e. The normalized spacial score (nSPS) is 12.2. The van der Waals surface area contributed by atoms with E-state index in [1.165, 1.54) is 62.7 Å². The lowest BCUT2D eigenvalue weighted by molar-refractivity contribution is 0.448. The third-order valence-corrected chi connectivity index (χ3v) is 4.31. The van der Waals surface area contributed by atoms with Crippen molar-refractivity contribution in [1.82, 2.24) is 4.31 Å². The third-order valence-electron chi connectivity index (χ3n) is 3.26. The van der Waals surface area contributed by atoms with E-state index in [1.54, 1.807) is 0 Å². The van der Waals surface area contributed by atoms with E-state index in [4.69, 9.17) is 5.14 Å². The molecule has 0 heterocycles. The molecule has 0 bridgehead atoms. The molecule has 4 nitrogen and oxygen atoms in total. The minimum atomic E-state index is -3.48. The van der Waals surface area contributed by atoms with Gasteiger partial charge in [0.25, 0.3) is 10.2 Å². The molecule has 0 aromatic carbocycles. The standard InChI is InChI=1S/C13H30N2O2S/c1-3-4-5-6-7-8-9-10-11-12-13-15(2)18(14,16)17/h3-13H2,1-2H3,(H2,14,16,17). The molecule has 0 aromatic heterocycles. The first kappa shape index (κ1) is 17.9. The van der Waals surface area contributed by atoms with Crippen molar-refractivity contribution in [2.24, 2.45) is 5.14 Å². The lowest BCUT2D eigenvalue weighted by Crippen LogP contribution is -2.33. The Morgan fingerprint density at radius 3 is 1.61 bits per heavy atom. The zero-order chi connectivity index (χ0) is 13.9. The van der Waals surface area contributed by atoms with Gasteiger partial charge in [-0.05, 0) is 6.42 Å². The second-order valence-corrected chi connectivity index (χ2v) is 6.70. The molecule has 0 aliphatic rings. The van der Waals surface area contributed by atoms with Gasteiger partial charge in [-0.3, -0.25) is 0 Å². The predicted molar refractivity (Wildman–Crippen MR) is 77.6 cm³/mol. The molecular weight excluding hydrogens is 248 g/mol. The van der Waals surface area contributed by atoms with Crippen LogP contribution in [-0.4, -0.2) is 26.3 Å². The summed E-state index contributed by atoms with van der Waals surface area (Å²) in [5, 5.41) is 5.00. The Morgan fingerprint density at radius 1 is 0.833 bits per heavy atom. The second-order valence-electron chi connectivity index (χ2n) is 5.05. The van der Waals surface area contributed by atoms with Gasteiger partial charge in [-0.1, -0.05) is 64.7 Å². The van der Waals surface area contributed by atoms with Crippen molar-refractivity contribution < 1.29 is 8.42 Å². The second kappa shape index (κ2) is 10.8. The lowest BCUT2D eigenvalue weighted by atomic mass is 10.1. The highest BCUT2D eigenvalue weighted by atomic mass is 32.2. The monoisotopic (exact) mass is 278 g/mol. The van der Waals surface area contributed by atoms with Gasteiger partial charge < -0.3 is 0 Å². The molecule has 0 atom stereocenters. The fourth-order valence-electron chi connectivity index (χ4n) is 1.95. The van der Waals surface area contributed by atoms with Gasteiger partial charge in [0.15, 0.2) is 0 Å². The van der Waals surface area contributed by atoms with Crippen molar-refractivity contribution in [1.29, 1.82) is 0 Å². The molecule has 0 radical (unpaired) electrons. The van der Waals surface area contributed by atoms with Crippen molar-refractivity contribution in [3.05, 3.63) is 0 Å². The SMILES string of the molecule is CCCCCCCCCCCCN(C)S(N)(=O)=O. The Morgan fingerprint density at radius 2 is 1.22 bits per heavy atom. The number of hydrogen-bond acceptors (Lipinski definition) is 2. The van der Waals surface area contributed by atoms with Crippen LogP contribution in [0.4, 0.5) is 0 Å². The first-order chi connectivity index (χ1) is 8.48. The maximum absolute atomic E-state index is 10.9. The molecule has 0 unspecified atom stereocenters. The average molecular weight is 278 g/mol. The summed E-state index contributed by atoms with van der Waals surface area (Å²) in [7, 11) is -1.95. The molecule has 0 saturated heterocycles. The topological polar surface area (TPSA) is 63.4 Å². The van der Waals surface area contributed by atoms with E-state index in [0.29, 0.717) is 6.54 Å². The number of hydrogen-bond donors (Lipinski definition) is 1. The number of rotatable bonds is 12. The fourth-order valence-corrected chi connectivity index (χ4v) is 2.33.